The molecule has 0 unspecified atom stereocenters. The molecule has 0 N–H and O–H groups in total. The van der Waals surface area contributed by atoms with Crippen LogP contribution in [0.2, 0.25) is 0 Å². The van der Waals surface area contributed by atoms with Gasteiger partial charge in [0.05, 0.1) is 6.10 Å². The molecule has 166 valence electrons. The smallest absolute Gasteiger partial charge is 0.222 e. The topological polar surface area (TPSA) is 32.8 Å². The van der Waals surface area contributed by atoms with Crippen molar-refractivity contribution in [1.29, 1.82) is 0 Å². The summed E-state index contributed by atoms with van der Waals surface area (Å²) >= 11 is 0. The summed E-state index contributed by atoms with van der Waals surface area (Å²) in [6, 6.07) is 7.08. The van der Waals surface area contributed by atoms with E-state index in [1.807, 2.05) is 12.1 Å². The van der Waals surface area contributed by atoms with Crippen molar-refractivity contribution in [2.24, 2.45) is 11.8 Å². The fraction of sp³-hybridized carbons (Fsp3) is 0.720. The van der Waals surface area contributed by atoms with Gasteiger partial charge in [-0.05, 0) is 69.5 Å². The molecule has 1 aliphatic carbocycles. The van der Waals surface area contributed by atoms with Crippen molar-refractivity contribution in [3.8, 4) is 0 Å². The van der Waals surface area contributed by atoms with Gasteiger partial charge in [-0.25, -0.2) is 4.39 Å². The lowest BCUT2D eigenvalue weighted by Gasteiger charge is -2.36. The molecule has 1 atom stereocenters. The van der Waals surface area contributed by atoms with E-state index in [-0.39, 0.29) is 11.9 Å². The zero-order valence-corrected chi connectivity index (χ0v) is 18.2. The molecule has 1 aromatic rings. The number of benzene rings is 1. The first-order valence-electron chi connectivity index (χ1n) is 12.0. The lowest BCUT2D eigenvalue weighted by atomic mass is 9.94. The lowest BCUT2D eigenvalue weighted by molar-refractivity contribution is -0.134. The second-order valence-corrected chi connectivity index (χ2v) is 9.60. The standard InChI is InChI=1S/C25H37FN2O2/c26-24-10-4-3-8-22(24)18-27-13-11-21(12-14-27)17-28(19-23-9-5-15-30-23)25(29)16-20-6-1-2-7-20/h3-4,8,10,20-21,23H,1-2,5-7,9,11-19H2/t23-/m1/s1. The van der Waals surface area contributed by atoms with E-state index in [1.165, 1.54) is 25.7 Å². The van der Waals surface area contributed by atoms with Gasteiger partial charge in [-0.15, -0.1) is 0 Å². The third-order valence-corrected chi connectivity index (χ3v) is 7.28. The highest BCUT2D eigenvalue weighted by Gasteiger charge is 2.29. The van der Waals surface area contributed by atoms with Gasteiger partial charge in [-0.3, -0.25) is 9.69 Å². The SMILES string of the molecule is O=C(CC1CCCC1)N(CC1CCN(Cc2ccccc2F)CC1)C[C@H]1CCCO1. The number of hydrogen-bond donors (Lipinski definition) is 0. The Hall–Kier alpha value is -1.46. The van der Waals surface area contributed by atoms with E-state index in [2.05, 4.69) is 9.80 Å². The normalized spacial score (nSPS) is 23.8. The molecule has 2 heterocycles. The van der Waals surface area contributed by atoms with Gasteiger partial charge in [0, 0.05) is 38.2 Å². The molecule has 30 heavy (non-hydrogen) atoms. The third kappa shape index (κ3) is 6.04. The number of carbonyl (C=O) groups excluding carboxylic acids is 1. The maximum atomic E-state index is 14.0. The van der Waals surface area contributed by atoms with Crippen LogP contribution in [0.3, 0.4) is 0 Å². The summed E-state index contributed by atoms with van der Waals surface area (Å²) in [7, 11) is 0. The van der Waals surface area contributed by atoms with E-state index in [9.17, 15) is 9.18 Å². The fourth-order valence-electron chi connectivity index (χ4n) is 5.41. The molecular weight excluding hydrogens is 379 g/mol. The minimum absolute atomic E-state index is 0.111. The van der Waals surface area contributed by atoms with Gasteiger partial charge in [0.15, 0.2) is 0 Å². The molecule has 2 aliphatic heterocycles. The molecule has 0 aromatic heterocycles. The third-order valence-electron chi connectivity index (χ3n) is 7.28. The van der Waals surface area contributed by atoms with E-state index in [1.54, 1.807) is 12.1 Å². The number of amides is 1. The van der Waals surface area contributed by atoms with Gasteiger partial charge in [-0.2, -0.15) is 0 Å². The second kappa shape index (κ2) is 10.7. The van der Waals surface area contributed by atoms with Gasteiger partial charge in [-0.1, -0.05) is 31.0 Å². The Bertz CT molecular complexity index is 677. The lowest BCUT2D eigenvalue weighted by Crippen LogP contribution is -2.44. The number of halogens is 1. The summed E-state index contributed by atoms with van der Waals surface area (Å²) < 4.78 is 19.8. The molecule has 5 heteroatoms. The first-order valence-corrected chi connectivity index (χ1v) is 12.0. The van der Waals surface area contributed by atoms with Gasteiger partial charge in [0.2, 0.25) is 5.91 Å². The molecular formula is C25H37FN2O2. The number of carbonyl (C=O) groups is 1. The van der Waals surface area contributed by atoms with Crippen LogP contribution < -0.4 is 0 Å². The summed E-state index contributed by atoms with van der Waals surface area (Å²) in [5.41, 5.74) is 0.780. The van der Waals surface area contributed by atoms with E-state index < -0.39 is 0 Å². The largest absolute Gasteiger partial charge is 0.376 e. The molecule has 1 aromatic carbocycles. The number of hydrogen-bond acceptors (Lipinski definition) is 3. The average molecular weight is 417 g/mol. The summed E-state index contributed by atoms with van der Waals surface area (Å²) in [6.07, 6.45) is 10.3. The quantitative estimate of drug-likeness (QED) is 0.620. The summed E-state index contributed by atoms with van der Waals surface area (Å²) in [5, 5.41) is 0. The minimum Gasteiger partial charge on any atom is -0.376 e. The highest BCUT2D eigenvalue weighted by Crippen LogP contribution is 2.29. The summed E-state index contributed by atoms with van der Waals surface area (Å²) in [5.74, 6) is 1.36. The molecule has 3 fully saturated rings. The zero-order chi connectivity index (χ0) is 20.8. The van der Waals surface area contributed by atoms with Gasteiger partial charge in [0.25, 0.3) is 0 Å². The molecule has 0 radical (unpaired) electrons. The van der Waals surface area contributed by atoms with Crippen LogP contribution in [0.25, 0.3) is 0 Å². The van der Waals surface area contributed by atoms with Crippen LogP contribution in [0, 0.1) is 17.7 Å². The Balaban J connectivity index is 1.28. The first-order chi connectivity index (χ1) is 14.7. The van der Waals surface area contributed by atoms with Crippen molar-refractivity contribution < 1.29 is 13.9 Å². The summed E-state index contributed by atoms with van der Waals surface area (Å²) in [4.78, 5) is 17.6. The number of piperidine rings is 1. The predicted molar refractivity (Wildman–Crippen MR) is 117 cm³/mol. The summed E-state index contributed by atoms with van der Waals surface area (Å²) in [6.45, 7) is 5.09. The molecule has 1 amide bonds. The van der Waals surface area contributed by atoms with Crippen molar-refractivity contribution in [3.05, 3.63) is 35.6 Å². The molecule has 0 spiro atoms. The van der Waals surface area contributed by atoms with Crippen LogP contribution in [0.15, 0.2) is 24.3 Å². The fourth-order valence-corrected chi connectivity index (χ4v) is 5.41. The Morgan fingerprint density at radius 2 is 1.77 bits per heavy atom. The van der Waals surface area contributed by atoms with Crippen LogP contribution in [0.1, 0.15) is 63.4 Å². The van der Waals surface area contributed by atoms with Crippen LogP contribution in [0.5, 0.6) is 0 Å². The van der Waals surface area contributed by atoms with Gasteiger partial charge >= 0.3 is 0 Å². The number of ether oxygens (including phenoxy) is 1. The van der Waals surface area contributed by atoms with Crippen LogP contribution in [0.4, 0.5) is 4.39 Å². The van der Waals surface area contributed by atoms with Crippen molar-refractivity contribution in [3.63, 3.8) is 0 Å². The Kier molecular flexibility index (Phi) is 7.78. The van der Waals surface area contributed by atoms with Crippen LogP contribution in [-0.4, -0.2) is 54.6 Å². The molecule has 4 nitrogen and oxygen atoms in total. The van der Waals surface area contributed by atoms with E-state index >= 15 is 0 Å². The minimum atomic E-state index is -0.111. The molecule has 3 aliphatic rings. The highest BCUT2D eigenvalue weighted by molar-refractivity contribution is 5.76. The van der Waals surface area contributed by atoms with E-state index in [4.69, 9.17) is 4.74 Å². The molecule has 2 saturated heterocycles. The second-order valence-electron chi connectivity index (χ2n) is 9.60. The van der Waals surface area contributed by atoms with Crippen molar-refractivity contribution in [1.82, 2.24) is 9.80 Å². The average Bonchev–Trinajstić information content (AvgIpc) is 3.45. The van der Waals surface area contributed by atoms with Crippen molar-refractivity contribution in [2.75, 3.05) is 32.8 Å². The maximum absolute atomic E-state index is 14.0. The monoisotopic (exact) mass is 416 g/mol. The van der Waals surface area contributed by atoms with Crippen molar-refractivity contribution >= 4 is 5.91 Å². The number of likely N-dealkylation sites (tertiary alicyclic amines) is 1. The molecule has 0 bridgehead atoms. The molecule has 4 rings (SSSR count). The highest BCUT2D eigenvalue weighted by atomic mass is 19.1. The Morgan fingerprint density at radius 1 is 1.00 bits per heavy atom. The zero-order valence-electron chi connectivity index (χ0n) is 18.2. The van der Waals surface area contributed by atoms with E-state index in [0.29, 0.717) is 24.3 Å². The maximum Gasteiger partial charge on any atom is 0.222 e. The van der Waals surface area contributed by atoms with E-state index in [0.717, 1.165) is 70.5 Å². The van der Waals surface area contributed by atoms with Crippen molar-refractivity contribution in [2.45, 2.75) is 70.4 Å². The first kappa shape index (κ1) is 21.8. The van der Waals surface area contributed by atoms with Crippen LogP contribution in [-0.2, 0) is 16.1 Å². The number of nitrogens with zero attached hydrogens (tertiary/aromatic N) is 2. The predicted octanol–water partition coefficient (Wildman–Crippen LogP) is 4.63. The van der Waals surface area contributed by atoms with Gasteiger partial charge < -0.3 is 9.64 Å². The Morgan fingerprint density at radius 3 is 2.47 bits per heavy atom. The Labute approximate surface area is 180 Å². The van der Waals surface area contributed by atoms with Gasteiger partial charge in [0.1, 0.15) is 5.82 Å². The van der Waals surface area contributed by atoms with Crippen LogP contribution >= 0.6 is 0 Å². The number of rotatable bonds is 8. The molecule has 1 saturated carbocycles.